The van der Waals surface area contributed by atoms with Gasteiger partial charge in [-0.2, -0.15) is 5.10 Å². The first-order chi connectivity index (χ1) is 13.4. The van der Waals surface area contributed by atoms with Crippen molar-refractivity contribution in [3.8, 4) is 17.2 Å². The number of hydrogen-bond donors (Lipinski definition) is 1. The standard InChI is InChI=1S/C21H24N2O5/c1-14(2)17-6-8-18(9-7-17)27-13-21(25)23-22-12-16-5-10-19(28-15(3)24)20(11-16)26-4/h5-12,14H,13H2,1-4H3,(H,23,25). The van der Waals surface area contributed by atoms with E-state index < -0.39 is 5.97 Å². The highest BCUT2D eigenvalue weighted by Gasteiger charge is 2.07. The quantitative estimate of drug-likeness (QED) is 0.327. The van der Waals surface area contributed by atoms with Gasteiger partial charge in [0, 0.05) is 6.92 Å². The number of carbonyl (C=O) groups is 2. The fourth-order valence-electron chi connectivity index (χ4n) is 2.31. The third-order valence-electron chi connectivity index (χ3n) is 3.76. The number of hydrazone groups is 1. The molecule has 2 aromatic rings. The number of esters is 1. The van der Waals surface area contributed by atoms with E-state index in [1.54, 1.807) is 18.2 Å². The molecule has 148 valence electrons. The molecule has 0 atom stereocenters. The van der Waals surface area contributed by atoms with Crippen molar-refractivity contribution in [2.24, 2.45) is 5.10 Å². The van der Waals surface area contributed by atoms with Crippen LogP contribution in [0.15, 0.2) is 47.6 Å². The third-order valence-corrected chi connectivity index (χ3v) is 3.76. The van der Waals surface area contributed by atoms with Crippen molar-refractivity contribution in [1.29, 1.82) is 0 Å². The van der Waals surface area contributed by atoms with E-state index in [2.05, 4.69) is 24.4 Å². The average Bonchev–Trinajstić information content (AvgIpc) is 2.67. The van der Waals surface area contributed by atoms with Crippen LogP contribution in [0.1, 0.15) is 37.8 Å². The molecule has 2 rings (SSSR count). The van der Waals surface area contributed by atoms with Crippen molar-refractivity contribution >= 4 is 18.1 Å². The van der Waals surface area contributed by atoms with Crippen LogP contribution in [0.2, 0.25) is 0 Å². The van der Waals surface area contributed by atoms with E-state index in [4.69, 9.17) is 14.2 Å². The van der Waals surface area contributed by atoms with Gasteiger partial charge in [0.25, 0.3) is 5.91 Å². The summed E-state index contributed by atoms with van der Waals surface area (Å²) in [6.07, 6.45) is 1.45. The summed E-state index contributed by atoms with van der Waals surface area (Å²) in [7, 11) is 1.47. The smallest absolute Gasteiger partial charge is 0.308 e. The van der Waals surface area contributed by atoms with Crippen LogP contribution in [0, 0.1) is 0 Å². The number of methoxy groups -OCH3 is 1. The zero-order valence-corrected chi connectivity index (χ0v) is 16.4. The molecule has 0 aliphatic heterocycles. The van der Waals surface area contributed by atoms with E-state index in [1.165, 1.54) is 25.8 Å². The maximum atomic E-state index is 11.8. The van der Waals surface area contributed by atoms with Crippen molar-refractivity contribution in [3.05, 3.63) is 53.6 Å². The van der Waals surface area contributed by atoms with Gasteiger partial charge < -0.3 is 14.2 Å². The Bertz CT molecular complexity index is 844. The second-order valence-electron chi connectivity index (χ2n) is 6.31. The van der Waals surface area contributed by atoms with E-state index in [0.717, 1.165) is 0 Å². The lowest BCUT2D eigenvalue weighted by molar-refractivity contribution is -0.132. The predicted molar refractivity (Wildman–Crippen MR) is 106 cm³/mol. The lowest BCUT2D eigenvalue weighted by Crippen LogP contribution is -2.24. The molecule has 0 saturated heterocycles. The van der Waals surface area contributed by atoms with Crippen LogP contribution in [-0.4, -0.2) is 31.8 Å². The number of benzene rings is 2. The van der Waals surface area contributed by atoms with Gasteiger partial charge >= 0.3 is 5.97 Å². The van der Waals surface area contributed by atoms with Gasteiger partial charge in [0.1, 0.15) is 5.75 Å². The van der Waals surface area contributed by atoms with Crippen molar-refractivity contribution in [1.82, 2.24) is 5.43 Å². The van der Waals surface area contributed by atoms with Gasteiger partial charge in [0.15, 0.2) is 18.1 Å². The summed E-state index contributed by atoms with van der Waals surface area (Å²) in [6.45, 7) is 5.39. The topological polar surface area (TPSA) is 86.2 Å². The normalized spacial score (nSPS) is 10.8. The van der Waals surface area contributed by atoms with Crippen molar-refractivity contribution in [2.75, 3.05) is 13.7 Å². The van der Waals surface area contributed by atoms with Crippen LogP contribution in [-0.2, 0) is 9.59 Å². The summed E-state index contributed by atoms with van der Waals surface area (Å²) in [5.41, 5.74) is 4.26. The molecule has 1 amide bonds. The molecule has 0 bridgehead atoms. The molecular formula is C21H24N2O5. The highest BCUT2D eigenvalue weighted by Crippen LogP contribution is 2.27. The second kappa shape index (κ2) is 10.1. The second-order valence-corrected chi connectivity index (χ2v) is 6.31. The Morgan fingerprint density at radius 1 is 1.11 bits per heavy atom. The number of carbonyl (C=O) groups excluding carboxylic acids is 2. The van der Waals surface area contributed by atoms with E-state index in [0.29, 0.717) is 28.7 Å². The minimum atomic E-state index is -0.439. The van der Waals surface area contributed by atoms with Crippen molar-refractivity contribution in [2.45, 2.75) is 26.7 Å². The third kappa shape index (κ3) is 6.42. The molecule has 0 radical (unpaired) electrons. The predicted octanol–water partition coefficient (Wildman–Crippen LogP) is 3.27. The summed E-state index contributed by atoms with van der Waals surface area (Å²) < 4.78 is 15.7. The van der Waals surface area contributed by atoms with Crippen molar-refractivity contribution < 1.29 is 23.8 Å². The summed E-state index contributed by atoms with van der Waals surface area (Å²) in [5, 5.41) is 3.89. The molecule has 28 heavy (non-hydrogen) atoms. The molecule has 0 fully saturated rings. The van der Waals surface area contributed by atoms with Crippen molar-refractivity contribution in [3.63, 3.8) is 0 Å². The largest absolute Gasteiger partial charge is 0.493 e. The molecule has 1 N–H and O–H groups in total. The van der Waals surface area contributed by atoms with Crippen LogP contribution in [0.3, 0.4) is 0 Å². The van der Waals surface area contributed by atoms with Gasteiger partial charge in [-0.15, -0.1) is 0 Å². The molecule has 0 aliphatic carbocycles. The molecule has 0 unspecified atom stereocenters. The summed E-state index contributed by atoms with van der Waals surface area (Å²) in [4.78, 5) is 22.9. The maximum absolute atomic E-state index is 11.8. The van der Waals surface area contributed by atoms with Crippen LogP contribution in [0.4, 0.5) is 0 Å². The summed E-state index contributed by atoms with van der Waals surface area (Å²) in [5.74, 6) is 0.938. The molecule has 0 spiro atoms. The fraction of sp³-hybridized carbons (Fsp3) is 0.286. The van der Waals surface area contributed by atoms with Gasteiger partial charge in [-0.1, -0.05) is 26.0 Å². The number of hydrogen-bond acceptors (Lipinski definition) is 6. The van der Waals surface area contributed by atoms with Crippen LogP contribution < -0.4 is 19.6 Å². The van der Waals surface area contributed by atoms with E-state index >= 15 is 0 Å². The maximum Gasteiger partial charge on any atom is 0.308 e. The zero-order valence-electron chi connectivity index (χ0n) is 16.4. The number of nitrogens with zero attached hydrogens (tertiary/aromatic N) is 1. The Kier molecular flexibility index (Phi) is 7.56. The molecule has 7 heteroatoms. The first-order valence-electron chi connectivity index (χ1n) is 8.80. The van der Waals surface area contributed by atoms with Gasteiger partial charge in [0.2, 0.25) is 0 Å². The minimum absolute atomic E-state index is 0.146. The van der Waals surface area contributed by atoms with Crippen LogP contribution in [0.25, 0.3) is 0 Å². The van der Waals surface area contributed by atoms with Crippen LogP contribution in [0.5, 0.6) is 17.2 Å². The van der Waals surface area contributed by atoms with E-state index in [9.17, 15) is 9.59 Å². The Balaban J connectivity index is 1.86. The first-order valence-corrected chi connectivity index (χ1v) is 8.80. The lowest BCUT2D eigenvalue weighted by Gasteiger charge is -2.08. The van der Waals surface area contributed by atoms with Gasteiger partial charge in [-0.3, -0.25) is 9.59 Å². The number of ether oxygens (including phenoxy) is 3. The van der Waals surface area contributed by atoms with Gasteiger partial charge in [-0.05, 0) is 47.4 Å². The van der Waals surface area contributed by atoms with Gasteiger partial charge in [0.05, 0.1) is 13.3 Å². The van der Waals surface area contributed by atoms with Gasteiger partial charge in [-0.25, -0.2) is 5.43 Å². The highest BCUT2D eigenvalue weighted by molar-refractivity contribution is 5.84. The number of nitrogens with one attached hydrogen (secondary N) is 1. The molecule has 0 aliphatic rings. The highest BCUT2D eigenvalue weighted by atomic mass is 16.6. The fourth-order valence-corrected chi connectivity index (χ4v) is 2.31. The van der Waals surface area contributed by atoms with E-state index in [-0.39, 0.29) is 12.5 Å². The summed E-state index contributed by atoms with van der Waals surface area (Å²) >= 11 is 0. The number of rotatable bonds is 8. The molecule has 0 heterocycles. The Hall–Kier alpha value is -3.35. The Morgan fingerprint density at radius 3 is 2.43 bits per heavy atom. The molecule has 0 aromatic heterocycles. The zero-order chi connectivity index (χ0) is 20.5. The average molecular weight is 384 g/mol. The first kappa shape index (κ1) is 21.0. The monoisotopic (exact) mass is 384 g/mol. The molecule has 0 saturated carbocycles. The lowest BCUT2D eigenvalue weighted by atomic mass is 10.0. The van der Waals surface area contributed by atoms with Crippen LogP contribution >= 0.6 is 0 Å². The Morgan fingerprint density at radius 2 is 1.82 bits per heavy atom. The molecule has 7 nitrogen and oxygen atoms in total. The Labute approximate surface area is 164 Å². The minimum Gasteiger partial charge on any atom is -0.493 e. The summed E-state index contributed by atoms with van der Waals surface area (Å²) in [6, 6.07) is 12.5. The van der Waals surface area contributed by atoms with E-state index in [1.807, 2.05) is 24.3 Å². The SMILES string of the molecule is COc1cc(C=NNC(=O)COc2ccc(C(C)C)cc2)ccc1OC(C)=O. The number of amides is 1. The molecule has 2 aromatic carbocycles. The molecular weight excluding hydrogens is 360 g/mol.